The first kappa shape index (κ1) is 16.2. The molecule has 0 aromatic heterocycles. The van der Waals surface area contributed by atoms with Crippen LogP contribution < -0.4 is 0 Å². The van der Waals surface area contributed by atoms with Crippen LogP contribution >= 0.6 is 0 Å². The molecule has 0 bridgehead atoms. The van der Waals surface area contributed by atoms with Gasteiger partial charge in [-0.05, 0) is 25.3 Å². The van der Waals surface area contributed by atoms with Crippen LogP contribution in [-0.2, 0) is 20.7 Å². The Morgan fingerprint density at radius 2 is 1.90 bits per heavy atom. The van der Waals surface area contributed by atoms with E-state index in [1.807, 2.05) is 30.3 Å². The lowest BCUT2D eigenvalue weighted by Crippen LogP contribution is -2.25. The molecule has 0 radical (unpaired) electrons. The molecule has 5 heteroatoms. The number of esters is 1. The summed E-state index contributed by atoms with van der Waals surface area (Å²) in [4.78, 5) is 22.5. The monoisotopic (exact) mass is 280 g/mol. The first-order valence-electron chi connectivity index (χ1n) is 6.60. The van der Waals surface area contributed by atoms with Crippen LogP contribution in [0, 0.1) is 5.92 Å². The third-order valence-electron chi connectivity index (χ3n) is 2.94. The fourth-order valence-electron chi connectivity index (χ4n) is 1.99. The van der Waals surface area contributed by atoms with Crippen molar-refractivity contribution in [3.8, 4) is 0 Å². The van der Waals surface area contributed by atoms with E-state index in [9.17, 15) is 14.7 Å². The molecular formula is C15H20O5. The molecule has 20 heavy (non-hydrogen) atoms. The highest BCUT2D eigenvalue weighted by molar-refractivity contribution is 5.71. The van der Waals surface area contributed by atoms with Gasteiger partial charge in [0.05, 0.1) is 25.0 Å². The average molecular weight is 280 g/mol. The molecule has 0 aliphatic heterocycles. The fraction of sp³-hybridized carbons (Fsp3) is 0.467. The number of carbonyl (C=O) groups excluding carboxylic acids is 1. The largest absolute Gasteiger partial charge is 0.481 e. The maximum atomic E-state index is 11.3. The first-order valence-corrected chi connectivity index (χ1v) is 6.60. The Labute approximate surface area is 118 Å². The normalized spacial score (nSPS) is 13.5. The van der Waals surface area contributed by atoms with Gasteiger partial charge in [0.1, 0.15) is 0 Å². The Morgan fingerprint density at radius 3 is 2.45 bits per heavy atom. The van der Waals surface area contributed by atoms with E-state index in [4.69, 9.17) is 9.84 Å². The molecule has 0 spiro atoms. The molecule has 0 aliphatic rings. The Kier molecular flexibility index (Phi) is 6.73. The van der Waals surface area contributed by atoms with Crippen LogP contribution in [-0.4, -0.2) is 34.9 Å². The highest BCUT2D eigenvalue weighted by Gasteiger charge is 2.22. The number of benzene rings is 1. The smallest absolute Gasteiger partial charge is 0.308 e. The zero-order chi connectivity index (χ0) is 15.0. The highest BCUT2D eigenvalue weighted by Crippen LogP contribution is 2.16. The van der Waals surface area contributed by atoms with Gasteiger partial charge in [-0.2, -0.15) is 0 Å². The van der Waals surface area contributed by atoms with Gasteiger partial charge in [0, 0.05) is 0 Å². The van der Waals surface area contributed by atoms with E-state index in [1.165, 1.54) is 0 Å². The summed E-state index contributed by atoms with van der Waals surface area (Å²) in [5.41, 5.74) is 0.939. The second-order valence-corrected chi connectivity index (χ2v) is 4.73. The molecule has 110 valence electrons. The molecule has 0 unspecified atom stereocenters. The summed E-state index contributed by atoms with van der Waals surface area (Å²) in [5, 5.41) is 17.9. The number of carboxylic acid groups (broad SMARTS) is 1. The molecule has 1 aromatic carbocycles. The summed E-state index contributed by atoms with van der Waals surface area (Å²) in [6, 6.07) is 9.34. The minimum atomic E-state index is -0.904. The summed E-state index contributed by atoms with van der Waals surface area (Å²) >= 11 is 0. The molecule has 0 fully saturated rings. The van der Waals surface area contributed by atoms with Crippen LogP contribution in [0.4, 0.5) is 0 Å². The molecule has 0 aliphatic carbocycles. The zero-order valence-electron chi connectivity index (χ0n) is 11.5. The van der Waals surface area contributed by atoms with Gasteiger partial charge in [0.2, 0.25) is 0 Å². The summed E-state index contributed by atoms with van der Waals surface area (Å²) in [6.45, 7) is 1.40. The highest BCUT2D eigenvalue weighted by atomic mass is 16.5. The zero-order valence-corrected chi connectivity index (χ0v) is 11.5. The van der Waals surface area contributed by atoms with Gasteiger partial charge in [-0.15, -0.1) is 0 Å². The second-order valence-electron chi connectivity index (χ2n) is 4.73. The van der Waals surface area contributed by atoms with Gasteiger partial charge in [-0.25, -0.2) is 0 Å². The molecule has 0 amide bonds. The average Bonchev–Trinajstić information content (AvgIpc) is 2.39. The Bertz CT molecular complexity index is 429. The molecule has 2 N–H and O–H groups in total. The Balaban J connectivity index is 2.55. The molecule has 0 heterocycles. The molecule has 2 atom stereocenters. The van der Waals surface area contributed by atoms with E-state index in [2.05, 4.69) is 0 Å². The molecule has 0 saturated heterocycles. The van der Waals surface area contributed by atoms with E-state index in [0.29, 0.717) is 6.42 Å². The Hall–Kier alpha value is -1.88. The minimum Gasteiger partial charge on any atom is -0.481 e. The third-order valence-corrected chi connectivity index (χ3v) is 2.94. The standard InChI is InChI=1S/C15H20O5/c1-11(20-14(17)7-8-16)9-13(15(18)19)10-12-5-3-2-4-6-12/h2-6,11,13,16H,7-10H2,1H3,(H,18,19)/t11-,13-/m0/s1. The van der Waals surface area contributed by atoms with Crippen LogP contribution in [0.5, 0.6) is 0 Å². The predicted molar refractivity (Wildman–Crippen MR) is 73.1 cm³/mol. The van der Waals surface area contributed by atoms with Crippen molar-refractivity contribution in [1.82, 2.24) is 0 Å². The van der Waals surface area contributed by atoms with E-state index < -0.39 is 24.0 Å². The number of aliphatic hydroxyl groups is 1. The van der Waals surface area contributed by atoms with E-state index in [-0.39, 0.29) is 19.4 Å². The molecule has 1 aromatic rings. The van der Waals surface area contributed by atoms with Crippen LogP contribution in [0.15, 0.2) is 30.3 Å². The summed E-state index contributed by atoms with van der Waals surface area (Å²) in [6.07, 6.45) is 0.0964. The summed E-state index contributed by atoms with van der Waals surface area (Å²) < 4.78 is 5.05. The number of hydrogen-bond acceptors (Lipinski definition) is 4. The number of hydrogen-bond donors (Lipinski definition) is 2. The topological polar surface area (TPSA) is 83.8 Å². The van der Waals surface area contributed by atoms with Crippen molar-refractivity contribution in [2.45, 2.75) is 32.3 Å². The fourth-order valence-corrected chi connectivity index (χ4v) is 1.99. The van der Waals surface area contributed by atoms with Crippen LogP contribution in [0.1, 0.15) is 25.3 Å². The lowest BCUT2D eigenvalue weighted by atomic mass is 9.94. The van der Waals surface area contributed by atoms with Crippen molar-refractivity contribution < 1.29 is 24.5 Å². The van der Waals surface area contributed by atoms with Crippen molar-refractivity contribution >= 4 is 11.9 Å². The number of rotatable bonds is 8. The van der Waals surface area contributed by atoms with Crippen molar-refractivity contribution in [1.29, 1.82) is 0 Å². The van der Waals surface area contributed by atoms with Crippen molar-refractivity contribution in [2.24, 2.45) is 5.92 Å². The van der Waals surface area contributed by atoms with E-state index >= 15 is 0 Å². The third kappa shape index (κ3) is 5.84. The lowest BCUT2D eigenvalue weighted by Gasteiger charge is -2.18. The van der Waals surface area contributed by atoms with Gasteiger partial charge in [-0.1, -0.05) is 30.3 Å². The number of aliphatic hydroxyl groups excluding tert-OH is 1. The molecular weight excluding hydrogens is 260 g/mol. The Morgan fingerprint density at radius 1 is 1.25 bits per heavy atom. The van der Waals surface area contributed by atoms with Crippen LogP contribution in [0.25, 0.3) is 0 Å². The number of ether oxygens (including phenoxy) is 1. The van der Waals surface area contributed by atoms with E-state index in [1.54, 1.807) is 6.92 Å². The van der Waals surface area contributed by atoms with Crippen molar-refractivity contribution in [2.75, 3.05) is 6.61 Å². The molecule has 0 saturated carbocycles. The van der Waals surface area contributed by atoms with E-state index in [0.717, 1.165) is 5.56 Å². The molecule has 5 nitrogen and oxygen atoms in total. The number of carbonyl (C=O) groups is 2. The second kappa shape index (κ2) is 8.32. The van der Waals surface area contributed by atoms with Crippen LogP contribution in [0.2, 0.25) is 0 Å². The van der Waals surface area contributed by atoms with Crippen molar-refractivity contribution in [3.05, 3.63) is 35.9 Å². The summed E-state index contributed by atoms with van der Waals surface area (Å²) in [5.74, 6) is -2.02. The van der Waals surface area contributed by atoms with Gasteiger partial charge >= 0.3 is 11.9 Å². The molecule has 1 rings (SSSR count). The number of carboxylic acids is 1. The summed E-state index contributed by atoms with van der Waals surface area (Å²) in [7, 11) is 0. The SMILES string of the molecule is C[C@@H](C[C@@H](Cc1ccccc1)C(=O)O)OC(=O)CCO. The van der Waals surface area contributed by atoms with Gasteiger partial charge in [0.25, 0.3) is 0 Å². The maximum absolute atomic E-state index is 11.3. The van der Waals surface area contributed by atoms with Gasteiger partial charge in [-0.3, -0.25) is 9.59 Å². The van der Waals surface area contributed by atoms with Crippen LogP contribution in [0.3, 0.4) is 0 Å². The van der Waals surface area contributed by atoms with Gasteiger partial charge < -0.3 is 14.9 Å². The lowest BCUT2D eigenvalue weighted by molar-refractivity contribution is -0.153. The first-order chi connectivity index (χ1) is 9.52. The number of aliphatic carboxylic acids is 1. The van der Waals surface area contributed by atoms with Crippen molar-refractivity contribution in [3.63, 3.8) is 0 Å². The maximum Gasteiger partial charge on any atom is 0.308 e. The van der Waals surface area contributed by atoms with Gasteiger partial charge in [0.15, 0.2) is 0 Å². The predicted octanol–water partition coefficient (Wildman–Crippen LogP) is 1.63. The minimum absolute atomic E-state index is 0.0687. The quantitative estimate of drug-likeness (QED) is 0.707.